The van der Waals surface area contributed by atoms with Gasteiger partial charge in [0.25, 0.3) is 4.85 Å². The summed E-state index contributed by atoms with van der Waals surface area (Å²) in [5, 5.41) is 9.39. The molecule has 53 heavy (non-hydrogen) atoms. The van der Waals surface area contributed by atoms with Gasteiger partial charge in [0, 0.05) is 38.1 Å². The van der Waals surface area contributed by atoms with Crippen molar-refractivity contribution in [3.63, 3.8) is 0 Å². The lowest BCUT2D eigenvalue weighted by molar-refractivity contribution is -0.148. The molecular formula is C45H79N2O6+. The minimum atomic E-state index is -0.117. The monoisotopic (exact) mass is 744 g/mol. The molecular weight excluding hydrogens is 665 g/mol. The zero-order valence-electron chi connectivity index (χ0n) is 34.6. The lowest BCUT2D eigenvalue weighted by atomic mass is 9.48. The number of ketones is 1. The predicted octanol–water partition coefficient (Wildman–Crippen LogP) is 10.1. The zero-order valence-corrected chi connectivity index (χ0v) is 34.6. The summed E-state index contributed by atoms with van der Waals surface area (Å²) in [5.74, 6) is 2.72. The van der Waals surface area contributed by atoms with E-state index in [1.165, 1.54) is 44.1 Å². The number of hydrogen-bond acceptors (Lipinski definition) is 7. The summed E-state index contributed by atoms with van der Waals surface area (Å²) in [6.45, 7) is 14.0. The Bertz CT molecular complexity index is 1140. The van der Waals surface area contributed by atoms with Crippen LogP contribution in [-0.2, 0) is 19.0 Å². The van der Waals surface area contributed by atoms with Crippen molar-refractivity contribution in [3.8, 4) is 0 Å². The molecule has 6 atom stereocenters. The summed E-state index contributed by atoms with van der Waals surface area (Å²) < 4.78 is 18.8. The molecule has 0 bridgehead atoms. The van der Waals surface area contributed by atoms with Crippen LogP contribution in [0.25, 0.3) is 0 Å². The first-order valence-electron chi connectivity index (χ1n) is 22.4. The second kappa shape index (κ2) is 23.5. The maximum atomic E-state index is 12.8. The fourth-order valence-corrected chi connectivity index (χ4v) is 10.6. The van der Waals surface area contributed by atoms with E-state index in [0.29, 0.717) is 35.9 Å². The van der Waals surface area contributed by atoms with Gasteiger partial charge in [0.15, 0.2) is 11.2 Å². The third-order valence-electron chi connectivity index (χ3n) is 13.9. The number of hydrogen-bond donors (Lipinski definition) is 1. The summed E-state index contributed by atoms with van der Waals surface area (Å²) in [4.78, 5) is 30.6. The van der Waals surface area contributed by atoms with Crippen molar-refractivity contribution in [2.75, 3.05) is 39.5 Å². The fourth-order valence-electron chi connectivity index (χ4n) is 10.6. The smallest absolute Gasteiger partial charge is 0.427 e. The zero-order chi connectivity index (χ0) is 37.9. The van der Waals surface area contributed by atoms with Gasteiger partial charge >= 0.3 is 5.90 Å². The quantitative estimate of drug-likeness (QED) is 0.0223. The normalized spacial score (nSPS) is 28.1. The highest BCUT2D eigenvalue weighted by atomic mass is 16.7. The first kappa shape index (κ1) is 44.1. The summed E-state index contributed by atoms with van der Waals surface area (Å²) in [5.41, 5.74) is 1.63. The summed E-state index contributed by atoms with van der Waals surface area (Å²) in [7, 11) is 0. The van der Waals surface area contributed by atoms with E-state index in [0.717, 1.165) is 142 Å². The third-order valence-corrected chi connectivity index (χ3v) is 13.9. The van der Waals surface area contributed by atoms with Crippen LogP contribution in [0.15, 0.2) is 11.6 Å². The van der Waals surface area contributed by atoms with E-state index in [2.05, 4.69) is 43.5 Å². The first-order chi connectivity index (χ1) is 25.8. The number of carbonyl (C=O) groups is 1. The SMILES string of the molecule is CCCCCCOC(CCCN(CCCCO)CCCCCC(=[N+]=O)OC1CCC2(C)C(=CCC3C4CCC(=O)C4(C)CCC32)C1)OCCCCCC. The lowest BCUT2D eigenvalue weighted by Gasteiger charge is -2.56. The number of ether oxygens (including phenoxy) is 3. The molecule has 304 valence electrons. The number of nitrogens with zero attached hydrogens (tertiary/aromatic N) is 2. The van der Waals surface area contributed by atoms with Gasteiger partial charge < -0.3 is 24.2 Å². The molecule has 1 N–H and O–H groups in total. The first-order valence-corrected chi connectivity index (χ1v) is 22.4. The molecule has 0 aliphatic heterocycles. The largest absolute Gasteiger partial charge is 0.532 e. The molecule has 8 heteroatoms. The molecule has 0 heterocycles. The number of unbranched alkanes of at least 4 members (excludes halogenated alkanes) is 9. The Hall–Kier alpha value is -1.57. The Kier molecular flexibility index (Phi) is 19.6. The second-order valence-corrected chi connectivity index (χ2v) is 17.7. The molecule has 4 aliphatic rings. The number of fused-ring (bicyclic) bond motifs is 5. The number of aliphatic hydroxyl groups excluding tert-OH is 1. The topological polar surface area (TPSA) is 99.4 Å². The van der Waals surface area contributed by atoms with Gasteiger partial charge in [-0.2, -0.15) is 0 Å². The van der Waals surface area contributed by atoms with Crippen LogP contribution in [0.4, 0.5) is 0 Å². The van der Waals surface area contributed by atoms with Crippen molar-refractivity contribution < 1.29 is 24.1 Å². The van der Waals surface area contributed by atoms with Crippen LogP contribution in [0.1, 0.15) is 182 Å². The minimum absolute atomic E-state index is 0.0342. The van der Waals surface area contributed by atoms with Crippen molar-refractivity contribution in [1.29, 1.82) is 0 Å². The third kappa shape index (κ3) is 13.0. The van der Waals surface area contributed by atoms with Crippen LogP contribution < -0.4 is 4.85 Å². The van der Waals surface area contributed by atoms with E-state index in [9.17, 15) is 14.8 Å². The Morgan fingerprint density at radius 2 is 1.47 bits per heavy atom. The van der Waals surface area contributed by atoms with E-state index in [-0.39, 0.29) is 29.8 Å². The number of Topliss-reactive ketones (excluding diaryl/α,β-unsaturated/α-hetero) is 1. The van der Waals surface area contributed by atoms with Gasteiger partial charge in [-0.25, -0.2) is 0 Å². The maximum Gasteiger partial charge on any atom is 0.532 e. The molecule has 3 saturated carbocycles. The molecule has 8 nitrogen and oxygen atoms in total. The standard InChI is InChI=1S/C45H79N2O6/c1-5-7-9-16-33-51-43(52-34-17-10-8-6-2)20-18-31-47(30-14-15-32-48)29-13-11-12-19-42(46-50)53-37-25-27-44(3)36(35-37)21-22-38-39-23-24-41(49)45(39,4)28-26-40(38)44/h21,37-40,43,48H,5-20,22-35H2,1-4H3/q+1. The molecule has 6 unspecified atom stereocenters. The van der Waals surface area contributed by atoms with Gasteiger partial charge in [0.05, 0.1) is 6.42 Å². The van der Waals surface area contributed by atoms with Crippen LogP contribution in [0.3, 0.4) is 0 Å². The number of carbonyl (C=O) groups excluding carboxylic acids is 1. The van der Waals surface area contributed by atoms with Gasteiger partial charge in [-0.3, -0.25) is 4.79 Å². The van der Waals surface area contributed by atoms with Crippen LogP contribution in [0.5, 0.6) is 0 Å². The van der Waals surface area contributed by atoms with Crippen LogP contribution in [0, 0.1) is 33.5 Å². The Balaban J connectivity index is 1.17. The van der Waals surface area contributed by atoms with Gasteiger partial charge in [-0.1, -0.05) is 84.3 Å². The van der Waals surface area contributed by atoms with E-state index in [1.807, 2.05) is 0 Å². The van der Waals surface area contributed by atoms with Crippen molar-refractivity contribution in [1.82, 2.24) is 9.75 Å². The molecule has 0 aromatic carbocycles. The Morgan fingerprint density at radius 3 is 2.15 bits per heavy atom. The molecule has 0 saturated heterocycles. The molecule has 0 aromatic rings. The molecule has 0 aromatic heterocycles. The lowest BCUT2D eigenvalue weighted by Crippen LogP contribution is -2.50. The number of aliphatic hydroxyl groups is 1. The highest BCUT2D eigenvalue weighted by Crippen LogP contribution is 2.64. The van der Waals surface area contributed by atoms with Gasteiger partial charge in [-0.15, -0.1) is 0 Å². The van der Waals surface area contributed by atoms with Crippen molar-refractivity contribution >= 4 is 11.7 Å². The molecule has 4 rings (SSSR count). The van der Waals surface area contributed by atoms with Gasteiger partial charge in [0.2, 0.25) is 0 Å². The summed E-state index contributed by atoms with van der Waals surface area (Å²) in [6.07, 6.45) is 27.6. The van der Waals surface area contributed by atoms with Crippen molar-refractivity contribution in [3.05, 3.63) is 16.6 Å². The van der Waals surface area contributed by atoms with Crippen molar-refractivity contribution in [2.24, 2.45) is 28.6 Å². The second-order valence-electron chi connectivity index (χ2n) is 17.7. The number of nitroso groups, excluding NO2 is 1. The Labute approximate surface area is 323 Å². The Morgan fingerprint density at radius 1 is 0.830 bits per heavy atom. The number of rotatable bonds is 27. The number of allylic oxidation sites excluding steroid dienone is 1. The maximum absolute atomic E-state index is 12.8. The van der Waals surface area contributed by atoms with E-state index < -0.39 is 0 Å². The molecule has 0 amide bonds. The average Bonchev–Trinajstić information content (AvgIpc) is 3.47. The fraction of sp³-hybridized carbons (Fsp3) is 0.911. The minimum Gasteiger partial charge on any atom is -0.427 e. The average molecular weight is 744 g/mol. The highest BCUT2D eigenvalue weighted by Gasteiger charge is 2.58. The van der Waals surface area contributed by atoms with Crippen LogP contribution in [-0.4, -0.2) is 73.5 Å². The molecule has 4 aliphatic carbocycles. The van der Waals surface area contributed by atoms with Crippen LogP contribution in [0.2, 0.25) is 0 Å². The van der Waals surface area contributed by atoms with Crippen molar-refractivity contribution in [2.45, 2.75) is 194 Å². The van der Waals surface area contributed by atoms with Gasteiger partial charge in [0.1, 0.15) is 11.9 Å². The van der Waals surface area contributed by atoms with Gasteiger partial charge in [-0.05, 0) is 133 Å². The highest BCUT2D eigenvalue weighted by molar-refractivity contribution is 5.87. The van der Waals surface area contributed by atoms with Crippen LogP contribution >= 0.6 is 0 Å². The molecule has 3 fully saturated rings. The molecule has 0 spiro atoms. The van der Waals surface area contributed by atoms with E-state index in [1.54, 1.807) is 0 Å². The van der Waals surface area contributed by atoms with E-state index >= 15 is 0 Å². The predicted molar refractivity (Wildman–Crippen MR) is 217 cm³/mol. The summed E-state index contributed by atoms with van der Waals surface area (Å²) >= 11 is 0. The summed E-state index contributed by atoms with van der Waals surface area (Å²) in [6, 6.07) is 0. The van der Waals surface area contributed by atoms with E-state index in [4.69, 9.17) is 14.2 Å². The molecule has 0 radical (unpaired) electrons.